The highest BCUT2D eigenvalue weighted by atomic mass is 19.4. The van der Waals surface area contributed by atoms with Gasteiger partial charge < -0.3 is 4.98 Å². The van der Waals surface area contributed by atoms with Crippen molar-refractivity contribution in [3.8, 4) is 0 Å². The number of imidazole rings is 1. The first-order valence-corrected chi connectivity index (χ1v) is 5.12. The molecule has 0 atom stereocenters. The highest BCUT2D eigenvalue weighted by molar-refractivity contribution is 5.20. The molecule has 0 aromatic carbocycles. The van der Waals surface area contributed by atoms with Crippen LogP contribution in [0.1, 0.15) is 17.1 Å². The molecule has 0 spiro atoms. The van der Waals surface area contributed by atoms with Crippen molar-refractivity contribution in [2.24, 2.45) is 0 Å². The van der Waals surface area contributed by atoms with E-state index >= 15 is 0 Å². The molecule has 0 aliphatic rings. The molecule has 7 heteroatoms. The number of rotatable bonds is 3. The van der Waals surface area contributed by atoms with E-state index in [1.165, 1.54) is 18.5 Å². The minimum atomic E-state index is -4.31. The van der Waals surface area contributed by atoms with Crippen molar-refractivity contribution in [1.82, 2.24) is 15.0 Å². The number of aromatic amines is 1. The molecular formula is C11H9F4N3. The largest absolute Gasteiger partial charge is 0.396 e. The van der Waals surface area contributed by atoms with Crippen molar-refractivity contribution in [3.63, 3.8) is 0 Å². The molecule has 2 rings (SSSR count). The summed E-state index contributed by atoms with van der Waals surface area (Å²) in [7, 11) is 0. The van der Waals surface area contributed by atoms with Crippen molar-refractivity contribution in [2.45, 2.75) is 19.0 Å². The number of alkyl halides is 3. The van der Waals surface area contributed by atoms with Gasteiger partial charge in [-0.05, 0) is 11.6 Å². The first kappa shape index (κ1) is 12.5. The Morgan fingerprint density at radius 1 is 1.28 bits per heavy atom. The van der Waals surface area contributed by atoms with Crippen molar-refractivity contribution in [1.29, 1.82) is 0 Å². The zero-order valence-electron chi connectivity index (χ0n) is 9.13. The van der Waals surface area contributed by atoms with Crippen LogP contribution in [0.3, 0.4) is 0 Å². The Hall–Kier alpha value is -1.92. The zero-order chi connectivity index (χ0) is 13.2. The molecule has 0 fully saturated rings. The zero-order valence-corrected chi connectivity index (χ0v) is 9.13. The van der Waals surface area contributed by atoms with E-state index in [1.54, 1.807) is 0 Å². The summed E-state index contributed by atoms with van der Waals surface area (Å²) < 4.78 is 49.6. The molecule has 2 aromatic heterocycles. The van der Waals surface area contributed by atoms with Gasteiger partial charge in [0.2, 0.25) is 0 Å². The third-order valence-corrected chi connectivity index (χ3v) is 2.28. The van der Waals surface area contributed by atoms with Crippen molar-refractivity contribution in [2.75, 3.05) is 0 Å². The fourth-order valence-corrected chi connectivity index (χ4v) is 1.52. The summed E-state index contributed by atoms with van der Waals surface area (Å²) in [5, 5.41) is 0. The van der Waals surface area contributed by atoms with Crippen LogP contribution in [0.15, 0.2) is 24.7 Å². The van der Waals surface area contributed by atoms with Gasteiger partial charge >= 0.3 is 6.18 Å². The van der Waals surface area contributed by atoms with Crippen LogP contribution in [0.5, 0.6) is 0 Å². The first-order valence-electron chi connectivity index (χ1n) is 5.12. The average Bonchev–Trinajstić information content (AvgIpc) is 2.66. The molecule has 1 N–H and O–H groups in total. The third kappa shape index (κ3) is 3.28. The van der Waals surface area contributed by atoms with E-state index in [-0.39, 0.29) is 12.2 Å². The van der Waals surface area contributed by atoms with Crippen molar-refractivity contribution < 1.29 is 17.6 Å². The number of H-pyrrole nitrogens is 1. The number of nitrogens with one attached hydrogen (secondary N) is 1. The van der Waals surface area contributed by atoms with Gasteiger partial charge in [-0.3, -0.25) is 4.98 Å². The number of hydrogen-bond acceptors (Lipinski definition) is 2. The number of pyridine rings is 1. The van der Waals surface area contributed by atoms with E-state index in [2.05, 4.69) is 15.0 Å². The second-order valence-corrected chi connectivity index (χ2v) is 3.77. The minimum Gasteiger partial charge on any atom is -0.348 e. The fourth-order valence-electron chi connectivity index (χ4n) is 1.52. The lowest BCUT2D eigenvalue weighted by Gasteiger charge is -2.02. The lowest BCUT2D eigenvalue weighted by Crippen LogP contribution is -2.12. The highest BCUT2D eigenvalue weighted by Gasteiger charge is 2.29. The lowest BCUT2D eigenvalue weighted by molar-refractivity contribution is -0.128. The fraction of sp³-hybridized carbons (Fsp3) is 0.273. The molecule has 0 saturated heterocycles. The monoisotopic (exact) mass is 259 g/mol. The van der Waals surface area contributed by atoms with E-state index in [0.29, 0.717) is 11.3 Å². The van der Waals surface area contributed by atoms with Gasteiger partial charge in [0.05, 0.1) is 11.9 Å². The number of halogens is 4. The smallest absolute Gasteiger partial charge is 0.348 e. The Labute approximate surface area is 99.9 Å². The lowest BCUT2D eigenvalue weighted by atomic mass is 10.1. The Morgan fingerprint density at radius 2 is 2.06 bits per heavy atom. The molecule has 96 valence electrons. The van der Waals surface area contributed by atoms with Crippen LogP contribution in [0.2, 0.25) is 0 Å². The van der Waals surface area contributed by atoms with Gasteiger partial charge in [-0.1, -0.05) is 0 Å². The summed E-state index contributed by atoms with van der Waals surface area (Å²) in [6.07, 6.45) is -1.48. The van der Waals surface area contributed by atoms with Gasteiger partial charge in [-0.25, -0.2) is 9.37 Å². The van der Waals surface area contributed by atoms with Crippen LogP contribution in [0, 0.1) is 5.82 Å². The van der Waals surface area contributed by atoms with Crippen LogP contribution in [-0.2, 0) is 12.8 Å². The molecule has 0 amide bonds. The Bertz CT molecular complexity index is 533. The van der Waals surface area contributed by atoms with Crippen LogP contribution >= 0.6 is 0 Å². The van der Waals surface area contributed by atoms with Crippen LogP contribution in [0.25, 0.3) is 0 Å². The average molecular weight is 259 g/mol. The molecule has 0 aliphatic heterocycles. The van der Waals surface area contributed by atoms with E-state index in [4.69, 9.17) is 0 Å². The predicted octanol–water partition coefficient (Wildman–Crippen LogP) is 2.64. The Balaban J connectivity index is 2.10. The van der Waals surface area contributed by atoms with Gasteiger partial charge in [0.15, 0.2) is 0 Å². The number of nitrogens with zero attached hydrogens (tertiary/aromatic N) is 2. The van der Waals surface area contributed by atoms with Crippen molar-refractivity contribution >= 4 is 0 Å². The van der Waals surface area contributed by atoms with Crippen LogP contribution in [0.4, 0.5) is 17.6 Å². The Morgan fingerprint density at radius 3 is 2.72 bits per heavy atom. The van der Waals surface area contributed by atoms with E-state index < -0.39 is 18.4 Å². The van der Waals surface area contributed by atoms with Crippen LogP contribution < -0.4 is 0 Å². The molecule has 0 unspecified atom stereocenters. The summed E-state index contributed by atoms with van der Waals surface area (Å²) >= 11 is 0. The van der Waals surface area contributed by atoms with Gasteiger partial charge in [-0.15, -0.1) is 0 Å². The molecule has 0 radical (unpaired) electrons. The Kier molecular flexibility index (Phi) is 3.31. The predicted molar refractivity (Wildman–Crippen MR) is 55.3 cm³/mol. The van der Waals surface area contributed by atoms with Gasteiger partial charge in [-0.2, -0.15) is 13.2 Å². The molecule has 18 heavy (non-hydrogen) atoms. The highest BCUT2D eigenvalue weighted by Crippen LogP contribution is 2.20. The van der Waals surface area contributed by atoms with E-state index in [1.807, 2.05) is 0 Å². The maximum absolute atomic E-state index is 13.3. The molecule has 0 bridgehead atoms. The summed E-state index contributed by atoms with van der Waals surface area (Å²) in [5.74, 6) is -0.676. The second kappa shape index (κ2) is 4.75. The summed E-state index contributed by atoms with van der Waals surface area (Å²) in [6, 6.07) is 1.47. The quantitative estimate of drug-likeness (QED) is 0.861. The molecule has 0 saturated carbocycles. The topological polar surface area (TPSA) is 41.6 Å². The third-order valence-electron chi connectivity index (χ3n) is 2.28. The van der Waals surface area contributed by atoms with Crippen LogP contribution in [-0.4, -0.2) is 21.1 Å². The normalized spacial score (nSPS) is 11.8. The molecule has 2 heterocycles. The van der Waals surface area contributed by atoms with Gasteiger partial charge in [0.25, 0.3) is 0 Å². The molecule has 3 nitrogen and oxygen atoms in total. The van der Waals surface area contributed by atoms with E-state index in [9.17, 15) is 17.6 Å². The van der Waals surface area contributed by atoms with Gasteiger partial charge in [0, 0.05) is 18.8 Å². The second-order valence-electron chi connectivity index (χ2n) is 3.77. The summed E-state index contributed by atoms with van der Waals surface area (Å²) in [5.41, 5.74) is 0.703. The van der Waals surface area contributed by atoms with Gasteiger partial charge in [0.1, 0.15) is 18.1 Å². The first-order chi connectivity index (χ1) is 8.44. The van der Waals surface area contributed by atoms with Crippen molar-refractivity contribution in [3.05, 3.63) is 47.6 Å². The summed E-state index contributed by atoms with van der Waals surface area (Å²) in [4.78, 5) is 9.79. The number of hydrogen-bond donors (Lipinski definition) is 1. The molecule has 0 aliphatic carbocycles. The summed E-state index contributed by atoms with van der Waals surface area (Å²) in [6.45, 7) is 0. The molecular weight excluding hydrogens is 250 g/mol. The van der Waals surface area contributed by atoms with E-state index in [0.717, 1.165) is 6.20 Å². The minimum absolute atomic E-state index is 0.128. The standard InChI is InChI=1S/C11H9F4N3/c12-9-6-16-2-1-7(9)3-8-5-17-10(18-8)4-11(13,14)15/h1-2,5-6H,3-4H2,(H,17,18). The SMILES string of the molecule is Fc1cnccc1Cc1c[nH]c(CC(F)(F)F)n1. The number of aromatic nitrogens is 3. The maximum atomic E-state index is 13.3. The maximum Gasteiger partial charge on any atom is 0.396 e. The molecule has 2 aromatic rings.